The fraction of sp³-hybridized carbons (Fsp3) is 0.259. The number of benzene rings is 2. The van der Waals surface area contributed by atoms with Crippen molar-refractivity contribution in [1.82, 2.24) is 14.5 Å². The fourth-order valence-electron chi connectivity index (χ4n) is 4.49. The summed E-state index contributed by atoms with van der Waals surface area (Å²) in [6.45, 7) is 4.22. The van der Waals surface area contributed by atoms with Crippen molar-refractivity contribution in [2.45, 2.75) is 13.2 Å². The second-order valence-corrected chi connectivity index (χ2v) is 9.33. The van der Waals surface area contributed by atoms with E-state index in [1.165, 1.54) is 6.07 Å². The Balaban J connectivity index is 1.20. The van der Waals surface area contributed by atoms with Crippen LogP contribution < -0.4 is 9.64 Å². The minimum absolute atomic E-state index is 0.0756. The van der Waals surface area contributed by atoms with Crippen LogP contribution in [0.1, 0.15) is 21.6 Å². The van der Waals surface area contributed by atoms with Gasteiger partial charge in [0.1, 0.15) is 18.2 Å². The first kappa shape index (κ1) is 24.1. The van der Waals surface area contributed by atoms with Gasteiger partial charge >= 0.3 is 5.97 Å². The molecule has 3 heterocycles. The normalized spacial score (nSPS) is 14.4. The minimum Gasteiger partial charge on any atom is -0.478 e. The lowest BCUT2D eigenvalue weighted by molar-refractivity contribution is 0.0697. The van der Waals surface area contributed by atoms with E-state index in [1.54, 1.807) is 30.3 Å². The second kappa shape index (κ2) is 10.2. The number of aryl methyl sites for hydroxylation is 1. The maximum atomic E-state index is 14.0. The number of carbonyl (C=O) groups is 1. The van der Waals surface area contributed by atoms with Crippen LogP contribution in [0.15, 0.2) is 60.7 Å². The van der Waals surface area contributed by atoms with E-state index in [2.05, 4.69) is 25.4 Å². The average Bonchev–Trinajstić information content (AvgIpc) is 3.18. The topological polar surface area (TPSA) is 70.8 Å². The summed E-state index contributed by atoms with van der Waals surface area (Å²) in [6.07, 6.45) is 0. The number of pyridine rings is 1. The summed E-state index contributed by atoms with van der Waals surface area (Å²) in [7, 11) is 1.98. The predicted molar refractivity (Wildman–Crippen MR) is 137 cm³/mol. The number of rotatable bonds is 7. The van der Waals surface area contributed by atoms with E-state index in [1.807, 2.05) is 25.2 Å². The lowest BCUT2D eigenvalue weighted by Gasteiger charge is -2.35. The van der Waals surface area contributed by atoms with Crippen molar-refractivity contribution in [1.29, 1.82) is 0 Å². The van der Waals surface area contributed by atoms with Crippen LogP contribution in [0.5, 0.6) is 5.88 Å². The van der Waals surface area contributed by atoms with Gasteiger partial charge in [0.15, 0.2) is 0 Å². The zero-order valence-corrected chi connectivity index (χ0v) is 20.6. The number of piperazine rings is 1. The van der Waals surface area contributed by atoms with Crippen molar-refractivity contribution in [3.8, 4) is 5.88 Å². The van der Waals surface area contributed by atoms with Gasteiger partial charge in [-0.3, -0.25) is 4.90 Å². The number of hydrogen-bond acceptors (Lipinski definition) is 5. The first-order valence-electron chi connectivity index (χ1n) is 11.7. The Hall–Kier alpha value is -3.62. The molecule has 1 aliphatic heterocycles. The summed E-state index contributed by atoms with van der Waals surface area (Å²) < 4.78 is 21.8. The van der Waals surface area contributed by atoms with Crippen LogP contribution in [0.4, 0.5) is 10.2 Å². The van der Waals surface area contributed by atoms with Crippen LogP contribution in [-0.4, -0.2) is 51.7 Å². The Kier molecular flexibility index (Phi) is 6.80. The first-order valence-corrected chi connectivity index (χ1v) is 12.1. The van der Waals surface area contributed by atoms with Crippen LogP contribution in [0, 0.1) is 5.82 Å². The molecule has 0 spiro atoms. The van der Waals surface area contributed by atoms with Crippen molar-refractivity contribution in [2.75, 3.05) is 31.1 Å². The fourth-order valence-corrected chi connectivity index (χ4v) is 4.65. The van der Waals surface area contributed by atoms with Crippen LogP contribution in [0.2, 0.25) is 5.02 Å². The Labute approximate surface area is 213 Å². The van der Waals surface area contributed by atoms with E-state index in [0.717, 1.165) is 55.1 Å². The van der Waals surface area contributed by atoms with Gasteiger partial charge in [0.25, 0.3) is 0 Å². The summed E-state index contributed by atoms with van der Waals surface area (Å²) in [5.41, 5.74) is 2.78. The molecule has 1 fully saturated rings. The van der Waals surface area contributed by atoms with Crippen LogP contribution in [0.25, 0.3) is 10.9 Å². The molecule has 0 amide bonds. The summed E-state index contributed by atoms with van der Waals surface area (Å²) in [5.74, 6) is -0.0470. The molecule has 36 heavy (non-hydrogen) atoms. The number of ether oxygens (including phenoxy) is 1. The molecule has 0 unspecified atom stereocenters. The molecule has 9 heteroatoms. The molecule has 7 nitrogen and oxygen atoms in total. The van der Waals surface area contributed by atoms with Crippen molar-refractivity contribution >= 4 is 34.3 Å². The minimum atomic E-state index is -0.920. The third-order valence-corrected chi connectivity index (χ3v) is 6.81. The molecular formula is C27H26ClFN4O3. The molecule has 186 valence electrons. The summed E-state index contributed by atoms with van der Waals surface area (Å²) in [4.78, 5) is 20.5. The van der Waals surface area contributed by atoms with Crippen LogP contribution in [-0.2, 0) is 20.2 Å². The van der Waals surface area contributed by atoms with Gasteiger partial charge in [-0.05, 0) is 41.8 Å². The monoisotopic (exact) mass is 508 g/mol. The molecule has 2 aromatic heterocycles. The van der Waals surface area contributed by atoms with Gasteiger partial charge in [-0.25, -0.2) is 9.18 Å². The van der Waals surface area contributed by atoms with E-state index in [4.69, 9.17) is 16.3 Å². The van der Waals surface area contributed by atoms with Crippen LogP contribution in [0.3, 0.4) is 0 Å². The highest BCUT2D eigenvalue weighted by Gasteiger charge is 2.20. The lowest BCUT2D eigenvalue weighted by Crippen LogP contribution is -2.46. The highest BCUT2D eigenvalue weighted by atomic mass is 35.5. The maximum absolute atomic E-state index is 14.0. The van der Waals surface area contributed by atoms with Crippen LogP contribution >= 0.6 is 11.6 Å². The molecule has 5 rings (SSSR count). The molecule has 1 N–H and O–H groups in total. The number of hydrogen-bond donors (Lipinski definition) is 1. The van der Waals surface area contributed by atoms with Gasteiger partial charge in [-0.2, -0.15) is 4.98 Å². The van der Waals surface area contributed by atoms with E-state index in [9.17, 15) is 14.3 Å². The standard InChI is InChI=1S/C27H26ClFN4O3/c1-31-22(13-18-5-6-19(27(34)35)14-24(18)31)16-32-9-11-33(12-10-32)25-3-2-4-26(30-25)36-17-20-7-8-21(28)15-23(20)29/h2-8,13-15H,9-12,16-17H2,1H3,(H,34,35). The lowest BCUT2D eigenvalue weighted by atomic mass is 10.1. The summed E-state index contributed by atoms with van der Waals surface area (Å²) in [6, 6.07) is 17.5. The predicted octanol–water partition coefficient (Wildman–Crippen LogP) is 4.97. The number of aromatic carboxylic acids is 1. The van der Waals surface area contributed by atoms with E-state index >= 15 is 0 Å². The number of nitrogens with zero attached hydrogens (tertiary/aromatic N) is 4. The number of anilines is 1. The van der Waals surface area contributed by atoms with E-state index in [0.29, 0.717) is 22.0 Å². The smallest absolute Gasteiger partial charge is 0.335 e. The van der Waals surface area contributed by atoms with Crippen molar-refractivity contribution in [3.05, 3.63) is 88.3 Å². The van der Waals surface area contributed by atoms with Gasteiger partial charge in [0, 0.05) is 67.6 Å². The second-order valence-electron chi connectivity index (χ2n) is 8.90. The Morgan fingerprint density at radius 3 is 2.64 bits per heavy atom. The number of halogens is 2. The molecule has 1 saturated heterocycles. The molecule has 0 bridgehead atoms. The quantitative estimate of drug-likeness (QED) is 0.380. The third kappa shape index (κ3) is 5.15. The molecule has 2 aromatic carbocycles. The number of carboxylic acids is 1. The van der Waals surface area contributed by atoms with E-state index < -0.39 is 11.8 Å². The van der Waals surface area contributed by atoms with Crippen molar-refractivity contribution in [3.63, 3.8) is 0 Å². The Morgan fingerprint density at radius 1 is 1.08 bits per heavy atom. The maximum Gasteiger partial charge on any atom is 0.335 e. The molecular weight excluding hydrogens is 483 g/mol. The molecule has 4 aromatic rings. The van der Waals surface area contributed by atoms with Crippen molar-refractivity contribution in [2.24, 2.45) is 7.05 Å². The van der Waals surface area contributed by atoms with Gasteiger partial charge in [-0.15, -0.1) is 0 Å². The van der Waals surface area contributed by atoms with Gasteiger partial charge in [0.2, 0.25) is 5.88 Å². The van der Waals surface area contributed by atoms with Gasteiger partial charge < -0.3 is 19.3 Å². The van der Waals surface area contributed by atoms with Crippen molar-refractivity contribution < 1.29 is 19.0 Å². The zero-order chi connectivity index (χ0) is 25.2. The molecule has 0 aliphatic carbocycles. The SMILES string of the molecule is Cn1c(CN2CCN(c3cccc(OCc4ccc(Cl)cc4F)n3)CC2)cc2ccc(C(=O)O)cc21. The average molecular weight is 509 g/mol. The highest BCUT2D eigenvalue weighted by Crippen LogP contribution is 2.24. The molecule has 0 saturated carbocycles. The highest BCUT2D eigenvalue weighted by molar-refractivity contribution is 6.30. The Bertz CT molecular complexity index is 1420. The Morgan fingerprint density at radius 2 is 1.89 bits per heavy atom. The summed E-state index contributed by atoms with van der Waals surface area (Å²) >= 11 is 5.82. The van der Waals surface area contributed by atoms with Gasteiger partial charge in [-0.1, -0.05) is 29.8 Å². The first-order chi connectivity index (χ1) is 17.4. The van der Waals surface area contributed by atoms with E-state index in [-0.39, 0.29) is 6.61 Å². The number of fused-ring (bicyclic) bond motifs is 1. The number of carboxylic acid groups (broad SMARTS) is 1. The van der Waals surface area contributed by atoms with Gasteiger partial charge in [0.05, 0.1) is 5.56 Å². The molecule has 0 atom stereocenters. The molecule has 1 aliphatic rings. The largest absolute Gasteiger partial charge is 0.478 e. The third-order valence-electron chi connectivity index (χ3n) is 6.57. The number of aromatic nitrogens is 2. The summed E-state index contributed by atoms with van der Waals surface area (Å²) in [5, 5.41) is 10.7. The zero-order valence-electron chi connectivity index (χ0n) is 19.8. The molecule has 0 radical (unpaired) electrons.